The van der Waals surface area contributed by atoms with Gasteiger partial charge in [0.15, 0.2) is 0 Å². The Balaban J connectivity index is 3.40. The summed E-state index contributed by atoms with van der Waals surface area (Å²) in [5.74, 6) is 0. The summed E-state index contributed by atoms with van der Waals surface area (Å²) < 4.78 is 0. The Kier molecular flexibility index (Phi) is 22.9. The Morgan fingerprint density at radius 2 is 0.889 bits per heavy atom. The molecule has 0 radical (unpaired) electrons. The summed E-state index contributed by atoms with van der Waals surface area (Å²) in [6.45, 7) is 4.55. The van der Waals surface area contributed by atoms with Gasteiger partial charge in [-0.1, -0.05) is 129 Å². The molecule has 0 saturated carbocycles. The van der Waals surface area contributed by atoms with E-state index in [-0.39, 0.29) is 0 Å². The topological polar surface area (TPSA) is 17.1 Å². The lowest BCUT2D eigenvalue weighted by Gasteiger charge is -2.03. The summed E-state index contributed by atoms with van der Waals surface area (Å²) in [6.07, 6.45) is 31.3. The number of hydrogen-bond donors (Lipinski definition) is 0. The average molecular weight is 379 g/mol. The van der Waals surface area contributed by atoms with Crippen molar-refractivity contribution >= 4 is 6.29 Å². The molecule has 0 aliphatic heterocycles. The first-order chi connectivity index (χ1) is 13.3. The van der Waals surface area contributed by atoms with Crippen LogP contribution in [0.25, 0.3) is 0 Å². The molecule has 0 amide bonds. The largest absolute Gasteiger partial charge is 0.298 e. The van der Waals surface area contributed by atoms with Gasteiger partial charge in [-0.2, -0.15) is 0 Å². The first-order valence-electron chi connectivity index (χ1n) is 12.5. The number of unbranched alkanes of at least 4 members (excludes halogenated alkanes) is 18. The maximum atomic E-state index is 11.2. The van der Waals surface area contributed by atoms with E-state index in [4.69, 9.17) is 0 Å². The molecule has 1 nitrogen and oxygen atoms in total. The van der Waals surface area contributed by atoms with Crippen molar-refractivity contribution in [2.45, 2.75) is 149 Å². The summed E-state index contributed by atoms with van der Waals surface area (Å²) in [4.78, 5) is 11.2. The van der Waals surface area contributed by atoms with Crippen LogP contribution in [0.1, 0.15) is 149 Å². The molecule has 0 saturated heterocycles. The van der Waals surface area contributed by atoms with Crippen molar-refractivity contribution in [2.24, 2.45) is 0 Å². The minimum Gasteiger partial charge on any atom is -0.298 e. The van der Waals surface area contributed by atoms with Crippen LogP contribution in [0, 0.1) is 0 Å². The number of rotatable bonds is 22. The second kappa shape index (κ2) is 23.4. The van der Waals surface area contributed by atoms with E-state index in [1.54, 1.807) is 0 Å². The summed E-state index contributed by atoms with van der Waals surface area (Å²) >= 11 is 0. The Labute approximate surface area is 171 Å². The van der Waals surface area contributed by atoms with Gasteiger partial charge in [-0.25, -0.2) is 0 Å². The quantitative estimate of drug-likeness (QED) is 0.104. The molecule has 0 aromatic heterocycles. The standard InChI is InChI=1S/C26H50O/c1-3-5-7-9-11-13-14-16-18-20-22-24-26(25-27)23-21-19-17-15-12-10-8-6-4-2/h24-25H,3-23H2,1-2H3/b26-24+. The first-order valence-corrected chi connectivity index (χ1v) is 12.5. The van der Waals surface area contributed by atoms with Crippen LogP contribution in [0.2, 0.25) is 0 Å². The van der Waals surface area contributed by atoms with Gasteiger partial charge in [0.25, 0.3) is 0 Å². The highest BCUT2D eigenvalue weighted by molar-refractivity contribution is 5.72. The highest BCUT2D eigenvalue weighted by atomic mass is 16.1. The fourth-order valence-electron chi connectivity index (χ4n) is 3.77. The van der Waals surface area contributed by atoms with E-state index in [1.165, 1.54) is 122 Å². The van der Waals surface area contributed by atoms with Gasteiger partial charge < -0.3 is 0 Å². The lowest BCUT2D eigenvalue weighted by atomic mass is 10.0. The van der Waals surface area contributed by atoms with Crippen LogP contribution >= 0.6 is 0 Å². The van der Waals surface area contributed by atoms with Gasteiger partial charge in [-0.05, 0) is 31.3 Å². The van der Waals surface area contributed by atoms with E-state index >= 15 is 0 Å². The zero-order chi connectivity index (χ0) is 19.8. The molecule has 0 aliphatic rings. The predicted octanol–water partition coefficient (Wildman–Crippen LogP) is 9.34. The fourth-order valence-corrected chi connectivity index (χ4v) is 3.77. The molecule has 0 heterocycles. The van der Waals surface area contributed by atoms with E-state index in [9.17, 15) is 4.79 Å². The third-order valence-corrected chi connectivity index (χ3v) is 5.68. The summed E-state index contributed by atoms with van der Waals surface area (Å²) in [5, 5.41) is 0. The average Bonchev–Trinajstić information content (AvgIpc) is 2.69. The zero-order valence-electron chi connectivity index (χ0n) is 18.9. The van der Waals surface area contributed by atoms with Crippen LogP contribution in [-0.4, -0.2) is 6.29 Å². The van der Waals surface area contributed by atoms with Gasteiger partial charge in [-0.3, -0.25) is 4.79 Å². The molecule has 0 aromatic carbocycles. The number of aldehydes is 1. The van der Waals surface area contributed by atoms with Crippen molar-refractivity contribution in [2.75, 3.05) is 0 Å². The molecule has 0 N–H and O–H groups in total. The molecule has 0 fully saturated rings. The van der Waals surface area contributed by atoms with E-state index < -0.39 is 0 Å². The SMILES string of the molecule is CCCCCCCCCCCC/C=C(/C=O)CCCCCCCCCCC. The molecule has 0 atom stereocenters. The molecule has 0 aromatic rings. The number of hydrogen-bond acceptors (Lipinski definition) is 1. The van der Waals surface area contributed by atoms with Crippen LogP contribution in [0.5, 0.6) is 0 Å². The van der Waals surface area contributed by atoms with Crippen molar-refractivity contribution in [3.05, 3.63) is 11.6 Å². The minimum atomic E-state index is 0.997. The Morgan fingerprint density at radius 1 is 0.519 bits per heavy atom. The van der Waals surface area contributed by atoms with Crippen molar-refractivity contribution in [3.8, 4) is 0 Å². The lowest BCUT2D eigenvalue weighted by Crippen LogP contribution is -1.88. The normalized spacial score (nSPS) is 11.9. The molecule has 0 aliphatic carbocycles. The van der Waals surface area contributed by atoms with Gasteiger partial charge in [0.1, 0.15) is 6.29 Å². The molecular weight excluding hydrogens is 328 g/mol. The minimum absolute atomic E-state index is 0.997. The predicted molar refractivity (Wildman–Crippen MR) is 122 cm³/mol. The maximum Gasteiger partial charge on any atom is 0.145 e. The van der Waals surface area contributed by atoms with Crippen molar-refractivity contribution < 1.29 is 4.79 Å². The smallest absolute Gasteiger partial charge is 0.145 e. The lowest BCUT2D eigenvalue weighted by molar-refractivity contribution is -0.105. The maximum absolute atomic E-state index is 11.2. The molecule has 27 heavy (non-hydrogen) atoms. The van der Waals surface area contributed by atoms with Crippen LogP contribution in [0.3, 0.4) is 0 Å². The third-order valence-electron chi connectivity index (χ3n) is 5.68. The van der Waals surface area contributed by atoms with Gasteiger partial charge in [-0.15, -0.1) is 0 Å². The fraction of sp³-hybridized carbons (Fsp3) is 0.885. The monoisotopic (exact) mass is 378 g/mol. The zero-order valence-corrected chi connectivity index (χ0v) is 18.9. The van der Waals surface area contributed by atoms with Gasteiger partial charge in [0, 0.05) is 0 Å². The summed E-state index contributed by atoms with van der Waals surface area (Å²) in [6, 6.07) is 0. The molecular formula is C26H50O. The number of allylic oxidation sites excluding steroid dienone is 2. The third kappa shape index (κ3) is 21.6. The van der Waals surface area contributed by atoms with Gasteiger partial charge >= 0.3 is 0 Å². The second-order valence-electron chi connectivity index (χ2n) is 8.45. The van der Waals surface area contributed by atoms with Crippen molar-refractivity contribution in [1.82, 2.24) is 0 Å². The number of carbonyl (C=O) groups is 1. The molecule has 0 spiro atoms. The highest BCUT2D eigenvalue weighted by Crippen LogP contribution is 2.15. The van der Waals surface area contributed by atoms with E-state index in [2.05, 4.69) is 19.9 Å². The van der Waals surface area contributed by atoms with Crippen molar-refractivity contribution in [3.63, 3.8) is 0 Å². The Hall–Kier alpha value is -0.590. The summed E-state index contributed by atoms with van der Waals surface area (Å²) in [5.41, 5.74) is 1.05. The first kappa shape index (κ1) is 26.4. The molecule has 160 valence electrons. The summed E-state index contributed by atoms with van der Waals surface area (Å²) in [7, 11) is 0. The second-order valence-corrected chi connectivity index (χ2v) is 8.45. The molecule has 0 rings (SSSR count). The van der Waals surface area contributed by atoms with Crippen LogP contribution in [0.15, 0.2) is 11.6 Å². The molecule has 0 unspecified atom stereocenters. The molecule has 1 heteroatoms. The van der Waals surface area contributed by atoms with E-state index in [0.717, 1.165) is 24.7 Å². The van der Waals surface area contributed by atoms with Crippen molar-refractivity contribution in [1.29, 1.82) is 0 Å². The highest BCUT2D eigenvalue weighted by Gasteiger charge is 1.98. The van der Waals surface area contributed by atoms with E-state index in [1.807, 2.05) is 0 Å². The van der Waals surface area contributed by atoms with E-state index in [0.29, 0.717) is 0 Å². The van der Waals surface area contributed by atoms with Crippen LogP contribution in [-0.2, 0) is 4.79 Å². The van der Waals surface area contributed by atoms with Gasteiger partial charge in [0.05, 0.1) is 0 Å². The van der Waals surface area contributed by atoms with Crippen LogP contribution < -0.4 is 0 Å². The van der Waals surface area contributed by atoms with Crippen LogP contribution in [0.4, 0.5) is 0 Å². The van der Waals surface area contributed by atoms with Gasteiger partial charge in [0.2, 0.25) is 0 Å². The Morgan fingerprint density at radius 3 is 1.30 bits per heavy atom. The molecule has 0 bridgehead atoms. The Bertz CT molecular complexity index is 318. The number of carbonyl (C=O) groups excluding carboxylic acids is 1.